The maximum Gasteiger partial charge on any atom is 0.143 e. The standard InChI is InChI=1S/C19H21N3O/c1-13(2)16-5-7-19-15(8-9-22(19)12-16)10-18(23)11-17-6-4-14(3)20-21-17/h4-9,12-13H,10-11H2,1-3H3. The van der Waals surface area contributed by atoms with E-state index in [-0.39, 0.29) is 5.78 Å². The molecule has 0 fully saturated rings. The second-order valence-electron chi connectivity index (χ2n) is 6.31. The molecule has 0 N–H and O–H groups in total. The lowest BCUT2D eigenvalue weighted by Gasteiger charge is -2.07. The van der Waals surface area contributed by atoms with E-state index in [1.807, 2.05) is 31.3 Å². The first-order chi connectivity index (χ1) is 11.0. The van der Waals surface area contributed by atoms with Crippen LogP contribution in [0.4, 0.5) is 0 Å². The summed E-state index contributed by atoms with van der Waals surface area (Å²) in [6, 6.07) is 10.0. The quantitative estimate of drug-likeness (QED) is 0.724. The number of nitrogens with zero attached hydrogens (tertiary/aromatic N) is 3. The van der Waals surface area contributed by atoms with Crippen molar-refractivity contribution in [1.82, 2.24) is 14.6 Å². The first-order valence-corrected chi connectivity index (χ1v) is 7.93. The Morgan fingerprint density at radius 2 is 1.91 bits per heavy atom. The molecule has 0 unspecified atom stereocenters. The van der Waals surface area contributed by atoms with Gasteiger partial charge < -0.3 is 4.40 Å². The maximum absolute atomic E-state index is 12.3. The molecule has 3 aromatic heterocycles. The van der Waals surface area contributed by atoms with Crippen molar-refractivity contribution in [2.24, 2.45) is 0 Å². The topological polar surface area (TPSA) is 47.3 Å². The van der Waals surface area contributed by atoms with Crippen molar-refractivity contribution in [2.75, 3.05) is 0 Å². The lowest BCUT2D eigenvalue weighted by molar-refractivity contribution is -0.117. The van der Waals surface area contributed by atoms with Crippen molar-refractivity contribution in [2.45, 2.75) is 39.5 Å². The van der Waals surface area contributed by atoms with E-state index in [0.29, 0.717) is 18.8 Å². The maximum atomic E-state index is 12.3. The van der Waals surface area contributed by atoms with E-state index in [4.69, 9.17) is 0 Å². The van der Waals surface area contributed by atoms with Crippen LogP contribution in [0.1, 0.15) is 42.3 Å². The molecule has 3 heterocycles. The SMILES string of the molecule is Cc1ccc(CC(=O)Cc2ccn3cc(C(C)C)ccc23)nn1. The summed E-state index contributed by atoms with van der Waals surface area (Å²) < 4.78 is 2.10. The van der Waals surface area contributed by atoms with E-state index in [1.165, 1.54) is 5.56 Å². The highest BCUT2D eigenvalue weighted by Crippen LogP contribution is 2.19. The second kappa shape index (κ2) is 6.32. The molecule has 4 nitrogen and oxygen atoms in total. The molecule has 0 amide bonds. The van der Waals surface area contributed by atoms with E-state index in [2.05, 4.69) is 46.8 Å². The van der Waals surface area contributed by atoms with Crippen molar-refractivity contribution in [3.05, 3.63) is 65.2 Å². The van der Waals surface area contributed by atoms with Gasteiger partial charge >= 0.3 is 0 Å². The third kappa shape index (κ3) is 3.47. The van der Waals surface area contributed by atoms with Gasteiger partial charge in [0.2, 0.25) is 0 Å². The van der Waals surface area contributed by atoms with Crippen LogP contribution in [0.5, 0.6) is 0 Å². The Kier molecular flexibility index (Phi) is 4.24. The minimum absolute atomic E-state index is 0.157. The van der Waals surface area contributed by atoms with Gasteiger partial charge in [0.25, 0.3) is 0 Å². The number of rotatable bonds is 5. The fourth-order valence-electron chi connectivity index (χ4n) is 2.68. The lowest BCUT2D eigenvalue weighted by Crippen LogP contribution is -2.08. The molecule has 0 saturated carbocycles. The largest absolute Gasteiger partial charge is 0.323 e. The molecule has 23 heavy (non-hydrogen) atoms. The summed E-state index contributed by atoms with van der Waals surface area (Å²) in [4.78, 5) is 12.3. The predicted octanol–water partition coefficient (Wildman–Crippen LogP) is 3.52. The summed E-state index contributed by atoms with van der Waals surface area (Å²) in [5.41, 5.74) is 5.04. The van der Waals surface area contributed by atoms with E-state index in [0.717, 1.165) is 22.5 Å². The molecule has 0 spiro atoms. The molecule has 0 aliphatic rings. The van der Waals surface area contributed by atoms with Gasteiger partial charge in [-0.05, 0) is 48.2 Å². The molecular weight excluding hydrogens is 286 g/mol. The summed E-state index contributed by atoms with van der Waals surface area (Å²) in [7, 11) is 0. The number of aromatic nitrogens is 3. The van der Waals surface area contributed by atoms with Crippen LogP contribution in [0.3, 0.4) is 0 Å². The van der Waals surface area contributed by atoms with Gasteiger partial charge in [-0.25, -0.2) is 0 Å². The van der Waals surface area contributed by atoms with Crippen LogP contribution in [0.2, 0.25) is 0 Å². The van der Waals surface area contributed by atoms with E-state index in [1.54, 1.807) is 0 Å². The molecule has 0 radical (unpaired) electrons. The summed E-state index contributed by atoms with van der Waals surface area (Å²) in [5, 5.41) is 8.06. The molecule has 4 heteroatoms. The number of Topliss-reactive ketones (excluding diaryl/α,β-unsaturated/α-hetero) is 1. The van der Waals surface area contributed by atoms with Crippen molar-refractivity contribution in [1.29, 1.82) is 0 Å². The van der Waals surface area contributed by atoms with E-state index in [9.17, 15) is 4.79 Å². The van der Waals surface area contributed by atoms with Crippen LogP contribution in [-0.4, -0.2) is 20.4 Å². The average Bonchev–Trinajstić information content (AvgIpc) is 2.92. The van der Waals surface area contributed by atoms with Gasteiger partial charge in [-0.2, -0.15) is 10.2 Å². The molecule has 0 aliphatic heterocycles. The van der Waals surface area contributed by atoms with Crippen LogP contribution in [-0.2, 0) is 17.6 Å². The zero-order valence-corrected chi connectivity index (χ0v) is 13.8. The summed E-state index contributed by atoms with van der Waals surface area (Å²) in [6.45, 7) is 6.24. The molecule has 3 aromatic rings. The van der Waals surface area contributed by atoms with E-state index < -0.39 is 0 Å². The van der Waals surface area contributed by atoms with Crippen LogP contribution >= 0.6 is 0 Å². The minimum Gasteiger partial charge on any atom is -0.323 e. The van der Waals surface area contributed by atoms with Gasteiger partial charge in [0.15, 0.2) is 0 Å². The Bertz CT molecular complexity index is 831. The van der Waals surface area contributed by atoms with Gasteiger partial charge in [-0.3, -0.25) is 4.79 Å². The van der Waals surface area contributed by atoms with Gasteiger partial charge in [-0.15, -0.1) is 0 Å². The normalized spacial score (nSPS) is 11.3. The van der Waals surface area contributed by atoms with Gasteiger partial charge in [0, 0.05) is 24.3 Å². The monoisotopic (exact) mass is 307 g/mol. The van der Waals surface area contributed by atoms with Crippen LogP contribution < -0.4 is 0 Å². The molecule has 0 atom stereocenters. The Labute approximate surface area is 136 Å². The number of hydrogen-bond donors (Lipinski definition) is 0. The lowest BCUT2D eigenvalue weighted by atomic mass is 10.0. The van der Waals surface area contributed by atoms with Crippen molar-refractivity contribution >= 4 is 11.3 Å². The van der Waals surface area contributed by atoms with Gasteiger partial charge in [0.05, 0.1) is 17.8 Å². The highest BCUT2D eigenvalue weighted by atomic mass is 16.1. The van der Waals surface area contributed by atoms with Crippen molar-refractivity contribution in [3.63, 3.8) is 0 Å². The first kappa shape index (κ1) is 15.4. The zero-order valence-electron chi connectivity index (χ0n) is 13.8. The van der Waals surface area contributed by atoms with Gasteiger partial charge in [0.1, 0.15) is 5.78 Å². The smallest absolute Gasteiger partial charge is 0.143 e. The number of aryl methyl sites for hydroxylation is 1. The molecule has 3 rings (SSSR count). The average molecular weight is 307 g/mol. The molecule has 0 aromatic carbocycles. The fourth-order valence-corrected chi connectivity index (χ4v) is 2.68. The van der Waals surface area contributed by atoms with Crippen LogP contribution in [0, 0.1) is 6.92 Å². The van der Waals surface area contributed by atoms with Crippen molar-refractivity contribution < 1.29 is 4.79 Å². The molecule has 118 valence electrons. The third-order valence-corrected chi connectivity index (χ3v) is 4.05. The Hall–Kier alpha value is -2.49. The number of carbonyl (C=O) groups is 1. The summed E-state index contributed by atoms with van der Waals surface area (Å²) in [6.07, 6.45) is 4.91. The Balaban J connectivity index is 1.76. The molecule has 0 aliphatic carbocycles. The highest BCUT2D eigenvalue weighted by Gasteiger charge is 2.11. The Morgan fingerprint density at radius 3 is 2.61 bits per heavy atom. The molecule has 0 saturated heterocycles. The summed E-state index contributed by atoms with van der Waals surface area (Å²) in [5.74, 6) is 0.649. The zero-order chi connectivity index (χ0) is 16.4. The van der Waals surface area contributed by atoms with Gasteiger partial charge in [-0.1, -0.05) is 19.9 Å². The summed E-state index contributed by atoms with van der Waals surface area (Å²) >= 11 is 0. The minimum atomic E-state index is 0.157. The molecular formula is C19H21N3O. The predicted molar refractivity (Wildman–Crippen MR) is 90.7 cm³/mol. The Morgan fingerprint density at radius 1 is 1.09 bits per heavy atom. The van der Waals surface area contributed by atoms with Crippen molar-refractivity contribution in [3.8, 4) is 0 Å². The molecule has 0 bridgehead atoms. The highest BCUT2D eigenvalue weighted by molar-refractivity contribution is 5.84. The number of hydrogen-bond acceptors (Lipinski definition) is 3. The number of ketones is 1. The fraction of sp³-hybridized carbons (Fsp3) is 0.316. The number of carbonyl (C=O) groups excluding carboxylic acids is 1. The number of fused-ring (bicyclic) bond motifs is 1. The third-order valence-electron chi connectivity index (χ3n) is 4.05. The van der Waals surface area contributed by atoms with E-state index >= 15 is 0 Å². The number of pyridine rings is 1. The first-order valence-electron chi connectivity index (χ1n) is 7.93. The van der Waals surface area contributed by atoms with Crippen LogP contribution in [0.15, 0.2) is 42.7 Å². The van der Waals surface area contributed by atoms with Crippen LogP contribution in [0.25, 0.3) is 5.52 Å². The second-order valence-corrected chi connectivity index (χ2v) is 6.31.